The molecule has 0 aromatic rings. The van der Waals surface area contributed by atoms with Gasteiger partial charge in [-0.2, -0.15) is 0 Å². The van der Waals surface area contributed by atoms with Gasteiger partial charge in [-0.1, -0.05) is 53.9 Å². The average Bonchev–Trinajstić information content (AvgIpc) is 3.25. The first-order valence-corrected chi connectivity index (χ1v) is 13.9. The van der Waals surface area contributed by atoms with E-state index in [4.69, 9.17) is 9.47 Å². The van der Waals surface area contributed by atoms with E-state index < -0.39 is 0 Å². The number of hydrogen-bond donors (Lipinski definition) is 0. The van der Waals surface area contributed by atoms with E-state index in [9.17, 15) is 0 Å². The van der Waals surface area contributed by atoms with Crippen molar-refractivity contribution in [1.82, 2.24) is 0 Å². The van der Waals surface area contributed by atoms with E-state index in [0.717, 1.165) is 48.3 Å². The van der Waals surface area contributed by atoms with E-state index in [1.807, 2.05) is 7.11 Å². The second kappa shape index (κ2) is 7.72. The summed E-state index contributed by atoms with van der Waals surface area (Å²) in [6, 6.07) is 0. The van der Waals surface area contributed by atoms with Crippen LogP contribution >= 0.6 is 0 Å². The molecule has 5 rings (SSSR count). The molecule has 31 heavy (non-hydrogen) atoms. The highest BCUT2D eigenvalue weighted by Crippen LogP contribution is 2.72. The molecule has 9 atom stereocenters. The number of ether oxygens (including phenoxy) is 2. The zero-order valence-electron chi connectivity index (χ0n) is 21.5. The second-order valence-corrected chi connectivity index (χ2v) is 13.6. The highest BCUT2D eigenvalue weighted by molar-refractivity contribution is 5.17. The Balaban J connectivity index is 1.33. The normalized spacial score (nSPS) is 52.0. The highest BCUT2D eigenvalue weighted by atomic mass is 16.7. The van der Waals surface area contributed by atoms with Crippen LogP contribution in [0.5, 0.6) is 0 Å². The lowest BCUT2D eigenvalue weighted by atomic mass is 9.44. The van der Waals surface area contributed by atoms with Crippen molar-refractivity contribution in [3.05, 3.63) is 0 Å². The van der Waals surface area contributed by atoms with Gasteiger partial charge in [0.25, 0.3) is 0 Å². The summed E-state index contributed by atoms with van der Waals surface area (Å²) in [5.41, 5.74) is 1.08. The molecule has 178 valence electrons. The van der Waals surface area contributed by atoms with Crippen molar-refractivity contribution >= 4 is 0 Å². The lowest BCUT2D eigenvalue weighted by molar-refractivity contribution is -0.324. The third-order valence-corrected chi connectivity index (χ3v) is 12.1. The van der Waals surface area contributed by atoms with E-state index in [1.54, 1.807) is 0 Å². The first kappa shape index (κ1) is 22.7. The van der Waals surface area contributed by atoms with Gasteiger partial charge in [-0.15, -0.1) is 0 Å². The molecule has 0 N–H and O–H groups in total. The quantitative estimate of drug-likeness (QED) is 0.425. The molecule has 3 saturated carbocycles. The summed E-state index contributed by atoms with van der Waals surface area (Å²) in [6.45, 7) is 12.7. The number of fused-ring (bicyclic) bond motifs is 5. The Hall–Kier alpha value is -0.0800. The zero-order chi connectivity index (χ0) is 22.1. The molecule has 2 nitrogen and oxygen atoms in total. The first-order chi connectivity index (χ1) is 14.7. The second-order valence-electron chi connectivity index (χ2n) is 13.6. The molecule has 1 spiro atoms. The maximum Gasteiger partial charge on any atom is 0.168 e. The average molecular weight is 431 g/mol. The molecule has 5 aliphatic rings. The smallest absolute Gasteiger partial charge is 0.168 e. The molecule has 2 bridgehead atoms. The summed E-state index contributed by atoms with van der Waals surface area (Å²) in [6.07, 6.45) is 17.7. The van der Waals surface area contributed by atoms with Crippen molar-refractivity contribution in [2.24, 2.45) is 46.3 Å². The summed E-state index contributed by atoms with van der Waals surface area (Å²) in [5, 5.41) is 0. The van der Waals surface area contributed by atoms with Crippen molar-refractivity contribution in [1.29, 1.82) is 0 Å². The molecule has 0 aromatic carbocycles. The minimum atomic E-state index is -0.251. The zero-order valence-corrected chi connectivity index (χ0v) is 21.5. The molecular formula is C29H50O2. The molecule has 3 aliphatic carbocycles. The third kappa shape index (κ3) is 3.23. The van der Waals surface area contributed by atoms with Gasteiger partial charge in [0, 0.05) is 25.4 Å². The molecule has 2 heteroatoms. The van der Waals surface area contributed by atoms with Gasteiger partial charge in [0.1, 0.15) is 0 Å². The van der Waals surface area contributed by atoms with Gasteiger partial charge in [-0.3, -0.25) is 0 Å². The van der Waals surface area contributed by atoms with Gasteiger partial charge in [0.15, 0.2) is 5.79 Å². The van der Waals surface area contributed by atoms with Crippen molar-refractivity contribution in [2.45, 2.75) is 129 Å². The van der Waals surface area contributed by atoms with E-state index in [1.165, 1.54) is 70.6 Å². The van der Waals surface area contributed by atoms with Crippen LogP contribution in [0.15, 0.2) is 0 Å². The predicted molar refractivity (Wildman–Crippen MR) is 128 cm³/mol. The lowest BCUT2D eigenvalue weighted by Crippen LogP contribution is -2.63. The fourth-order valence-electron chi connectivity index (χ4n) is 10.2. The minimum absolute atomic E-state index is 0.109. The van der Waals surface area contributed by atoms with Gasteiger partial charge in [-0.25, -0.2) is 0 Å². The van der Waals surface area contributed by atoms with Crippen molar-refractivity contribution in [2.75, 3.05) is 7.11 Å². The van der Waals surface area contributed by atoms with Crippen LogP contribution in [0.25, 0.3) is 0 Å². The van der Waals surface area contributed by atoms with E-state index in [0.29, 0.717) is 10.8 Å². The molecule has 0 radical (unpaired) electrons. The Morgan fingerprint density at radius 1 is 0.839 bits per heavy atom. The monoisotopic (exact) mass is 430 g/mol. The van der Waals surface area contributed by atoms with E-state index in [-0.39, 0.29) is 11.4 Å². The maximum absolute atomic E-state index is 6.91. The van der Waals surface area contributed by atoms with Crippen LogP contribution in [0.1, 0.15) is 118 Å². The van der Waals surface area contributed by atoms with Crippen LogP contribution in [0, 0.1) is 46.3 Å². The predicted octanol–water partition coefficient (Wildman–Crippen LogP) is 7.99. The Morgan fingerprint density at radius 3 is 2.35 bits per heavy atom. The number of rotatable bonds is 6. The largest absolute Gasteiger partial charge is 0.353 e. The molecule has 2 heterocycles. The lowest BCUT2D eigenvalue weighted by Gasteiger charge is -2.64. The number of hydrogen-bond acceptors (Lipinski definition) is 2. The fourth-order valence-corrected chi connectivity index (χ4v) is 10.2. The summed E-state index contributed by atoms with van der Waals surface area (Å²) in [5.74, 6) is 5.27. The van der Waals surface area contributed by atoms with Crippen LogP contribution in [0.2, 0.25) is 0 Å². The molecule has 2 saturated heterocycles. The topological polar surface area (TPSA) is 18.5 Å². The van der Waals surface area contributed by atoms with Crippen LogP contribution < -0.4 is 0 Å². The Labute approximate surface area is 192 Å². The SMILES string of the molecule is COC12CCC3(CCC4C5CCC(C(C)CCCC(C)C)C5(C)CCC4C3(C)CC1)O2. The van der Waals surface area contributed by atoms with Crippen molar-refractivity contribution in [3.8, 4) is 0 Å². The highest BCUT2D eigenvalue weighted by Gasteiger charge is 2.69. The Morgan fingerprint density at radius 2 is 1.61 bits per heavy atom. The molecule has 9 unspecified atom stereocenters. The van der Waals surface area contributed by atoms with Gasteiger partial charge < -0.3 is 9.47 Å². The van der Waals surface area contributed by atoms with E-state index in [2.05, 4.69) is 34.6 Å². The van der Waals surface area contributed by atoms with Crippen LogP contribution in [-0.4, -0.2) is 18.5 Å². The van der Waals surface area contributed by atoms with Crippen molar-refractivity contribution < 1.29 is 9.47 Å². The first-order valence-electron chi connectivity index (χ1n) is 13.9. The van der Waals surface area contributed by atoms with Gasteiger partial charge in [0.2, 0.25) is 0 Å². The summed E-state index contributed by atoms with van der Waals surface area (Å²) in [4.78, 5) is 0. The van der Waals surface area contributed by atoms with E-state index >= 15 is 0 Å². The van der Waals surface area contributed by atoms with Gasteiger partial charge >= 0.3 is 0 Å². The Bertz CT molecular complexity index is 674. The summed E-state index contributed by atoms with van der Waals surface area (Å²) in [7, 11) is 1.88. The Kier molecular flexibility index (Phi) is 5.66. The maximum atomic E-state index is 6.91. The molecule has 0 aromatic heterocycles. The van der Waals surface area contributed by atoms with Crippen LogP contribution in [0.3, 0.4) is 0 Å². The molecule has 5 fully saturated rings. The molecular weight excluding hydrogens is 380 g/mol. The standard InChI is InChI=1S/C29H50O2/c1-20(2)8-7-9-21(3)23-10-11-24-22-12-15-28-17-19-29(30-6,31-28)18-16-27(28,5)25(22)13-14-26(23,24)4/h20-25H,7-19H2,1-6H3. The molecule has 2 aliphatic heterocycles. The fraction of sp³-hybridized carbons (Fsp3) is 1.00. The molecule has 0 amide bonds. The number of methoxy groups -OCH3 is 1. The minimum Gasteiger partial charge on any atom is -0.353 e. The third-order valence-electron chi connectivity index (χ3n) is 12.1. The van der Waals surface area contributed by atoms with Gasteiger partial charge in [0.05, 0.1) is 5.60 Å². The summed E-state index contributed by atoms with van der Waals surface area (Å²) < 4.78 is 12.9. The van der Waals surface area contributed by atoms with Gasteiger partial charge in [-0.05, 0) is 92.3 Å². The van der Waals surface area contributed by atoms with Crippen molar-refractivity contribution in [3.63, 3.8) is 0 Å². The van der Waals surface area contributed by atoms with Crippen LogP contribution in [-0.2, 0) is 9.47 Å². The summed E-state index contributed by atoms with van der Waals surface area (Å²) >= 11 is 0. The van der Waals surface area contributed by atoms with Crippen LogP contribution in [0.4, 0.5) is 0 Å².